The number of nitrogens with zero attached hydrogens (tertiary/aromatic N) is 2. The molecule has 1 rings (SSSR count). The first-order chi connectivity index (χ1) is 3.80. The van der Waals surface area contributed by atoms with Crippen molar-refractivity contribution in [1.82, 2.24) is 10.2 Å². The van der Waals surface area contributed by atoms with Gasteiger partial charge < -0.3 is 0 Å². The minimum absolute atomic E-state index is 1.07. The molecule has 41 valence electrons. The summed E-state index contributed by atoms with van der Waals surface area (Å²) in [6.07, 6.45) is 4.47. The van der Waals surface area contributed by atoms with E-state index in [1.807, 2.05) is 13.8 Å². The number of aromatic nitrogens is 2. The number of hydrogen-bond donors (Lipinski definition) is 0. The molecule has 0 aliphatic rings. The van der Waals surface area contributed by atoms with Crippen LogP contribution in [0.4, 0.5) is 0 Å². The summed E-state index contributed by atoms with van der Waals surface area (Å²) in [5.74, 6) is 0. The zero-order valence-electron chi connectivity index (χ0n) is 4.97. The molecule has 0 saturated heterocycles. The van der Waals surface area contributed by atoms with Crippen LogP contribution in [0.1, 0.15) is 11.1 Å². The maximum atomic E-state index is 3.64. The van der Waals surface area contributed by atoms with Gasteiger partial charge in [0.15, 0.2) is 0 Å². The van der Waals surface area contributed by atoms with Gasteiger partial charge in [-0.2, -0.15) is 5.10 Å². The van der Waals surface area contributed by atoms with Crippen LogP contribution in [0.3, 0.4) is 0 Å². The summed E-state index contributed by atoms with van der Waals surface area (Å²) >= 11 is 0. The first-order valence-electron chi connectivity index (χ1n) is 2.47. The van der Waals surface area contributed by atoms with Crippen molar-refractivity contribution in [3.05, 3.63) is 23.5 Å². The van der Waals surface area contributed by atoms with Gasteiger partial charge in [0.1, 0.15) is 6.20 Å². The Labute approximate surface area is 48.6 Å². The Morgan fingerprint density at radius 2 is 2.25 bits per heavy atom. The lowest BCUT2D eigenvalue weighted by Crippen LogP contribution is -1.85. The minimum Gasteiger partial charge on any atom is -0.158 e. The van der Waals surface area contributed by atoms with Crippen LogP contribution < -0.4 is 0 Å². The lowest BCUT2D eigenvalue weighted by atomic mass is 10.2. The third-order valence-electron chi connectivity index (χ3n) is 1.12. The Morgan fingerprint density at radius 3 is 2.62 bits per heavy atom. The van der Waals surface area contributed by atoms with Gasteiger partial charge in [0.05, 0.1) is 6.20 Å². The van der Waals surface area contributed by atoms with Gasteiger partial charge in [0.2, 0.25) is 0 Å². The van der Waals surface area contributed by atoms with Crippen LogP contribution in [0, 0.1) is 20.0 Å². The van der Waals surface area contributed by atoms with Crippen molar-refractivity contribution in [2.45, 2.75) is 13.8 Å². The average Bonchev–Trinajstić information content (AvgIpc) is 1.77. The van der Waals surface area contributed by atoms with Crippen molar-refractivity contribution in [2.24, 2.45) is 0 Å². The molecule has 0 unspecified atom stereocenters. The molecule has 0 N–H and O–H groups in total. The topological polar surface area (TPSA) is 25.8 Å². The van der Waals surface area contributed by atoms with Crippen LogP contribution in [0.15, 0.2) is 6.20 Å². The van der Waals surface area contributed by atoms with E-state index >= 15 is 0 Å². The van der Waals surface area contributed by atoms with Crippen LogP contribution in [-0.4, -0.2) is 10.2 Å². The van der Waals surface area contributed by atoms with Crippen LogP contribution in [0.2, 0.25) is 0 Å². The van der Waals surface area contributed by atoms with E-state index in [0.717, 1.165) is 11.1 Å². The van der Waals surface area contributed by atoms with Crippen LogP contribution in [0.5, 0.6) is 0 Å². The standard InChI is InChI=1S/C6H7N2/c1-5-3-7-8-4-6(5)2/h3H,1-2H3. The molecule has 0 atom stereocenters. The number of hydrogen-bond acceptors (Lipinski definition) is 2. The quantitative estimate of drug-likeness (QED) is 0.492. The molecule has 0 aliphatic heterocycles. The Morgan fingerprint density at radius 1 is 1.50 bits per heavy atom. The van der Waals surface area contributed by atoms with Crippen molar-refractivity contribution in [2.75, 3.05) is 0 Å². The summed E-state index contributed by atoms with van der Waals surface area (Å²) in [4.78, 5) is 0. The Hall–Kier alpha value is -0.920. The molecule has 2 heteroatoms. The average molecular weight is 107 g/mol. The maximum Gasteiger partial charge on any atom is 0.117 e. The molecule has 0 aromatic carbocycles. The predicted octanol–water partition coefficient (Wildman–Crippen LogP) is 0.894. The highest BCUT2D eigenvalue weighted by atomic mass is 15.1. The number of rotatable bonds is 0. The van der Waals surface area contributed by atoms with Gasteiger partial charge in [0, 0.05) is 0 Å². The number of aryl methyl sites for hydroxylation is 2. The van der Waals surface area contributed by atoms with Crippen molar-refractivity contribution >= 4 is 0 Å². The molecule has 0 aliphatic carbocycles. The van der Waals surface area contributed by atoms with E-state index in [9.17, 15) is 0 Å². The fourth-order valence-corrected chi connectivity index (χ4v) is 0.404. The fraction of sp³-hybridized carbons (Fsp3) is 0.333. The minimum atomic E-state index is 1.07. The molecule has 1 radical (unpaired) electrons. The van der Waals surface area contributed by atoms with E-state index in [2.05, 4.69) is 16.4 Å². The van der Waals surface area contributed by atoms with E-state index in [1.165, 1.54) is 0 Å². The molecule has 1 aromatic heterocycles. The van der Waals surface area contributed by atoms with Crippen LogP contribution in [0.25, 0.3) is 0 Å². The van der Waals surface area contributed by atoms with Crippen LogP contribution >= 0.6 is 0 Å². The molecule has 0 spiro atoms. The zero-order valence-corrected chi connectivity index (χ0v) is 4.97. The van der Waals surface area contributed by atoms with Gasteiger partial charge in [-0.25, -0.2) is 0 Å². The molecule has 1 heterocycles. The third kappa shape index (κ3) is 0.832. The SMILES string of the molecule is Cc1[c]nncc1C. The summed E-state index contributed by atoms with van der Waals surface area (Å²) in [6, 6.07) is 0. The molecule has 0 amide bonds. The van der Waals surface area contributed by atoms with Gasteiger partial charge in [-0.05, 0) is 25.0 Å². The van der Waals surface area contributed by atoms with Gasteiger partial charge in [-0.3, -0.25) is 0 Å². The van der Waals surface area contributed by atoms with Gasteiger partial charge in [-0.15, -0.1) is 5.10 Å². The Kier molecular flexibility index (Phi) is 1.24. The smallest absolute Gasteiger partial charge is 0.117 e. The van der Waals surface area contributed by atoms with Crippen molar-refractivity contribution < 1.29 is 0 Å². The molecule has 8 heavy (non-hydrogen) atoms. The van der Waals surface area contributed by atoms with E-state index in [0.29, 0.717) is 0 Å². The van der Waals surface area contributed by atoms with Crippen molar-refractivity contribution in [3.63, 3.8) is 0 Å². The monoisotopic (exact) mass is 107 g/mol. The first-order valence-corrected chi connectivity index (χ1v) is 2.47. The van der Waals surface area contributed by atoms with Gasteiger partial charge in [0.25, 0.3) is 0 Å². The molecular weight excluding hydrogens is 100 g/mol. The summed E-state index contributed by atoms with van der Waals surface area (Å²) in [6.45, 7) is 3.95. The third-order valence-corrected chi connectivity index (χ3v) is 1.12. The van der Waals surface area contributed by atoms with Crippen molar-refractivity contribution in [1.29, 1.82) is 0 Å². The first kappa shape index (κ1) is 5.22. The Balaban J connectivity index is 3.13. The van der Waals surface area contributed by atoms with Gasteiger partial charge >= 0.3 is 0 Å². The summed E-state index contributed by atoms with van der Waals surface area (Å²) < 4.78 is 0. The second-order valence-electron chi connectivity index (χ2n) is 1.76. The highest BCUT2D eigenvalue weighted by Crippen LogP contribution is 1.97. The summed E-state index contributed by atoms with van der Waals surface area (Å²) in [5, 5.41) is 7.21. The highest BCUT2D eigenvalue weighted by Gasteiger charge is 1.87. The van der Waals surface area contributed by atoms with E-state index in [4.69, 9.17) is 0 Å². The Bertz CT molecular complexity index is 163. The molecule has 0 bridgehead atoms. The zero-order chi connectivity index (χ0) is 5.98. The molecule has 0 fully saturated rings. The summed E-state index contributed by atoms with van der Waals surface area (Å²) in [7, 11) is 0. The maximum absolute atomic E-state index is 3.64. The van der Waals surface area contributed by atoms with Gasteiger partial charge in [-0.1, -0.05) is 0 Å². The van der Waals surface area contributed by atoms with Crippen molar-refractivity contribution in [3.8, 4) is 0 Å². The normalized spacial score (nSPS) is 9.25. The molecule has 2 nitrogen and oxygen atoms in total. The molecular formula is C6H7N2. The van der Waals surface area contributed by atoms with E-state index in [1.54, 1.807) is 6.20 Å². The largest absolute Gasteiger partial charge is 0.158 e. The van der Waals surface area contributed by atoms with E-state index in [-0.39, 0.29) is 0 Å². The molecule has 1 aromatic rings. The lowest BCUT2D eigenvalue weighted by molar-refractivity contribution is 0.986. The second kappa shape index (κ2) is 1.90. The van der Waals surface area contributed by atoms with Crippen LogP contribution in [-0.2, 0) is 0 Å². The fourth-order valence-electron chi connectivity index (χ4n) is 0.404. The van der Waals surface area contributed by atoms with E-state index < -0.39 is 0 Å². The summed E-state index contributed by atoms with van der Waals surface area (Å²) in [5.41, 5.74) is 2.21. The lowest BCUT2D eigenvalue weighted by Gasteiger charge is -1.90. The highest BCUT2D eigenvalue weighted by molar-refractivity contribution is 5.14. The molecule has 0 saturated carbocycles. The predicted molar refractivity (Wildman–Crippen MR) is 30.3 cm³/mol. The second-order valence-corrected chi connectivity index (χ2v) is 1.76.